The molecule has 0 unspecified atom stereocenters. The van der Waals surface area contributed by atoms with Crippen LogP contribution in [0.4, 0.5) is 5.69 Å². The highest BCUT2D eigenvalue weighted by atomic mass is 32.2. The number of hydrogen-bond acceptors (Lipinski definition) is 5. The number of unbranched alkanes of at least 4 members (excludes halogenated alkanes) is 1. The quantitative estimate of drug-likeness (QED) is 0.714. The standard InChI is InChI=1S/C16H19N5O2S/c1-2-3-10-21-15(23)19-20-16(21)24-11-14(22)18-13-6-4-12(5-7-13)8-9-17/h4-7H,2-3,8,10-11H2,1H3,(H,18,22)(H,19,23). The van der Waals surface area contributed by atoms with Crippen molar-refractivity contribution < 1.29 is 4.79 Å². The summed E-state index contributed by atoms with van der Waals surface area (Å²) in [6, 6.07) is 9.22. The number of carbonyl (C=O) groups is 1. The van der Waals surface area contributed by atoms with Gasteiger partial charge in [0.1, 0.15) is 0 Å². The number of anilines is 1. The SMILES string of the molecule is CCCCn1c(SCC(=O)Nc2ccc(CC#N)cc2)n[nH]c1=O. The Bertz CT molecular complexity index is 773. The number of aromatic nitrogens is 3. The van der Waals surface area contributed by atoms with Gasteiger partial charge < -0.3 is 5.32 Å². The van der Waals surface area contributed by atoms with E-state index in [0.29, 0.717) is 23.8 Å². The first kappa shape index (κ1) is 17.8. The molecule has 1 heterocycles. The number of carbonyl (C=O) groups excluding carboxylic acids is 1. The molecule has 1 amide bonds. The van der Waals surface area contributed by atoms with E-state index in [1.54, 1.807) is 16.7 Å². The van der Waals surface area contributed by atoms with E-state index < -0.39 is 0 Å². The molecule has 0 bridgehead atoms. The molecule has 0 aliphatic carbocycles. The lowest BCUT2D eigenvalue weighted by atomic mass is 10.1. The number of rotatable bonds is 8. The van der Waals surface area contributed by atoms with Crippen molar-refractivity contribution >= 4 is 23.4 Å². The molecule has 24 heavy (non-hydrogen) atoms. The zero-order valence-electron chi connectivity index (χ0n) is 13.4. The Morgan fingerprint density at radius 3 is 2.83 bits per heavy atom. The normalized spacial score (nSPS) is 10.3. The topological polar surface area (TPSA) is 104 Å². The maximum Gasteiger partial charge on any atom is 0.343 e. The van der Waals surface area contributed by atoms with Gasteiger partial charge in [0, 0.05) is 12.2 Å². The van der Waals surface area contributed by atoms with E-state index in [1.807, 2.05) is 19.1 Å². The minimum atomic E-state index is -0.251. The van der Waals surface area contributed by atoms with E-state index in [-0.39, 0.29) is 17.3 Å². The van der Waals surface area contributed by atoms with Crippen LogP contribution >= 0.6 is 11.8 Å². The third-order valence-electron chi connectivity index (χ3n) is 3.31. The maximum atomic E-state index is 12.0. The lowest BCUT2D eigenvalue weighted by Gasteiger charge is -2.06. The molecular formula is C16H19N5O2S. The van der Waals surface area contributed by atoms with Gasteiger partial charge in [0.2, 0.25) is 5.91 Å². The lowest BCUT2D eigenvalue weighted by Crippen LogP contribution is -2.19. The molecule has 7 nitrogen and oxygen atoms in total. The number of nitriles is 1. The fourth-order valence-electron chi connectivity index (χ4n) is 2.05. The Kier molecular flexibility index (Phi) is 6.63. The predicted molar refractivity (Wildman–Crippen MR) is 92.9 cm³/mol. The van der Waals surface area contributed by atoms with Gasteiger partial charge in [0.15, 0.2) is 5.16 Å². The predicted octanol–water partition coefficient (Wildman–Crippen LogP) is 2.17. The average Bonchev–Trinajstić information content (AvgIpc) is 2.93. The van der Waals surface area contributed by atoms with Crippen molar-refractivity contribution in [1.29, 1.82) is 5.26 Å². The Morgan fingerprint density at radius 2 is 2.17 bits per heavy atom. The van der Waals surface area contributed by atoms with Crippen LogP contribution in [0.2, 0.25) is 0 Å². The van der Waals surface area contributed by atoms with Crippen molar-refractivity contribution in [3.05, 3.63) is 40.3 Å². The molecule has 126 valence electrons. The van der Waals surface area contributed by atoms with Crippen LogP contribution in [0, 0.1) is 11.3 Å². The van der Waals surface area contributed by atoms with Crippen molar-refractivity contribution in [3.63, 3.8) is 0 Å². The van der Waals surface area contributed by atoms with Crippen LogP contribution in [-0.2, 0) is 17.8 Å². The molecule has 0 spiro atoms. The third-order valence-corrected chi connectivity index (χ3v) is 4.29. The van der Waals surface area contributed by atoms with E-state index >= 15 is 0 Å². The van der Waals surface area contributed by atoms with Crippen LogP contribution in [0.25, 0.3) is 0 Å². The number of nitrogens with zero attached hydrogens (tertiary/aromatic N) is 3. The largest absolute Gasteiger partial charge is 0.343 e. The Hall–Kier alpha value is -2.53. The van der Waals surface area contributed by atoms with Crippen LogP contribution < -0.4 is 11.0 Å². The highest BCUT2D eigenvalue weighted by Gasteiger charge is 2.11. The second-order valence-electron chi connectivity index (χ2n) is 5.19. The van der Waals surface area contributed by atoms with Crippen LogP contribution in [0.1, 0.15) is 25.3 Å². The summed E-state index contributed by atoms with van der Waals surface area (Å²) < 4.78 is 1.55. The van der Waals surface area contributed by atoms with Gasteiger partial charge in [0.05, 0.1) is 18.2 Å². The first-order chi connectivity index (χ1) is 11.6. The molecule has 0 saturated heterocycles. The van der Waals surface area contributed by atoms with Crippen molar-refractivity contribution in [2.45, 2.75) is 37.9 Å². The first-order valence-corrected chi connectivity index (χ1v) is 8.66. The molecule has 2 rings (SSSR count). The highest BCUT2D eigenvalue weighted by Crippen LogP contribution is 2.15. The third kappa shape index (κ3) is 4.99. The summed E-state index contributed by atoms with van der Waals surface area (Å²) in [6.07, 6.45) is 2.21. The summed E-state index contributed by atoms with van der Waals surface area (Å²) in [6.45, 7) is 2.64. The molecule has 0 fully saturated rings. The van der Waals surface area contributed by atoms with Gasteiger partial charge in [-0.3, -0.25) is 9.36 Å². The monoisotopic (exact) mass is 345 g/mol. The number of hydrogen-bond donors (Lipinski definition) is 2. The summed E-state index contributed by atoms with van der Waals surface area (Å²) in [5, 5.41) is 18.3. The van der Waals surface area contributed by atoms with Crippen molar-refractivity contribution in [2.24, 2.45) is 0 Å². The van der Waals surface area contributed by atoms with E-state index in [9.17, 15) is 9.59 Å². The first-order valence-electron chi connectivity index (χ1n) is 7.67. The Morgan fingerprint density at radius 1 is 1.42 bits per heavy atom. The molecule has 1 aromatic heterocycles. The second-order valence-corrected chi connectivity index (χ2v) is 6.13. The second kappa shape index (κ2) is 8.93. The Labute approximate surface area is 144 Å². The molecule has 0 atom stereocenters. The van der Waals surface area contributed by atoms with Crippen LogP contribution in [0.5, 0.6) is 0 Å². The molecule has 0 radical (unpaired) electrons. The van der Waals surface area contributed by atoms with E-state index in [0.717, 1.165) is 18.4 Å². The number of nitrogens with one attached hydrogen (secondary N) is 2. The van der Waals surface area contributed by atoms with Crippen molar-refractivity contribution in [1.82, 2.24) is 14.8 Å². The van der Waals surface area contributed by atoms with Crippen molar-refractivity contribution in [2.75, 3.05) is 11.1 Å². The average molecular weight is 345 g/mol. The summed E-state index contributed by atoms with van der Waals surface area (Å²) in [7, 11) is 0. The summed E-state index contributed by atoms with van der Waals surface area (Å²) >= 11 is 1.22. The molecule has 0 saturated carbocycles. The van der Waals surface area contributed by atoms with Crippen molar-refractivity contribution in [3.8, 4) is 6.07 Å². The number of aromatic amines is 1. The van der Waals surface area contributed by atoms with Crippen LogP contribution in [0.3, 0.4) is 0 Å². The maximum absolute atomic E-state index is 12.0. The summed E-state index contributed by atoms with van der Waals surface area (Å²) in [4.78, 5) is 23.7. The fourth-order valence-corrected chi connectivity index (χ4v) is 2.82. The Balaban J connectivity index is 1.89. The fraction of sp³-hybridized carbons (Fsp3) is 0.375. The zero-order valence-corrected chi connectivity index (χ0v) is 14.2. The van der Waals surface area contributed by atoms with Gasteiger partial charge in [0.25, 0.3) is 0 Å². The van der Waals surface area contributed by atoms with Gasteiger partial charge in [-0.2, -0.15) is 5.26 Å². The highest BCUT2D eigenvalue weighted by molar-refractivity contribution is 7.99. The minimum Gasteiger partial charge on any atom is -0.325 e. The van der Waals surface area contributed by atoms with E-state index in [2.05, 4.69) is 21.6 Å². The van der Waals surface area contributed by atoms with Crippen LogP contribution in [0.15, 0.2) is 34.2 Å². The molecule has 0 aliphatic rings. The smallest absolute Gasteiger partial charge is 0.325 e. The van der Waals surface area contributed by atoms with Gasteiger partial charge in [-0.05, 0) is 24.1 Å². The van der Waals surface area contributed by atoms with Gasteiger partial charge in [-0.25, -0.2) is 9.89 Å². The zero-order chi connectivity index (χ0) is 17.4. The number of thioether (sulfide) groups is 1. The molecule has 2 aromatic rings. The van der Waals surface area contributed by atoms with Gasteiger partial charge >= 0.3 is 5.69 Å². The molecule has 2 N–H and O–H groups in total. The number of benzene rings is 1. The summed E-state index contributed by atoms with van der Waals surface area (Å²) in [5.74, 6) is -0.0124. The number of H-pyrrole nitrogens is 1. The van der Waals surface area contributed by atoms with Gasteiger partial charge in [-0.15, -0.1) is 5.10 Å². The van der Waals surface area contributed by atoms with Gasteiger partial charge in [-0.1, -0.05) is 37.2 Å². The van der Waals surface area contributed by atoms with E-state index in [4.69, 9.17) is 5.26 Å². The molecule has 1 aromatic carbocycles. The lowest BCUT2D eigenvalue weighted by molar-refractivity contribution is -0.113. The molecule has 0 aliphatic heterocycles. The van der Waals surface area contributed by atoms with E-state index in [1.165, 1.54) is 11.8 Å². The minimum absolute atomic E-state index is 0.163. The number of amides is 1. The molecule has 8 heteroatoms. The van der Waals surface area contributed by atoms with Crippen LogP contribution in [-0.4, -0.2) is 26.4 Å². The molecular weight excluding hydrogens is 326 g/mol. The summed E-state index contributed by atoms with van der Waals surface area (Å²) in [5.41, 5.74) is 1.33.